The summed E-state index contributed by atoms with van der Waals surface area (Å²) < 4.78 is 27.3. The van der Waals surface area contributed by atoms with Gasteiger partial charge >= 0.3 is 0 Å². The molecule has 1 aliphatic rings. The van der Waals surface area contributed by atoms with Crippen LogP contribution < -0.4 is 5.32 Å². The van der Waals surface area contributed by atoms with Crippen LogP contribution in [0.4, 0.5) is 0 Å². The molecule has 0 amide bonds. The Morgan fingerprint density at radius 2 is 2.06 bits per heavy atom. The van der Waals surface area contributed by atoms with Crippen LogP contribution in [0.5, 0.6) is 0 Å². The van der Waals surface area contributed by atoms with Gasteiger partial charge in [0.05, 0.1) is 0 Å². The molecule has 0 bridgehead atoms. The maximum atomic E-state index is 11.0. The summed E-state index contributed by atoms with van der Waals surface area (Å²) in [6.45, 7) is 0.939. The highest BCUT2D eigenvalue weighted by molar-refractivity contribution is 7.89. The number of aromatic nitrogens is 2. The van der Waals surface area contributed by atoms with Crippen LogP contribution in [0.1, 0.15) is 31.0 Å². The monoisotopic (exact) mass is 259 g/mol. The Labute approximate surface area is 101 Å². The quantitative estimate of drug-likeness (QED) is 0.709. The third-order valence-electron chi connectivity index (χ3n) is 2.47. The Bertz CT molecular complexity index is 465. The highest BCUT2D eigenvalue weighted by Gasteiger charge is 2.19. The predicted molar refractivity (Wildman–Crippen MR) is 62.2 cm³/mol. The van der Waals surface area contributed by atoms with E-state index < -0.39 is 9.84 Å². The van der Waals surface area contributed by atoms with Crippen molar-refractivity contribution >= 4 is 9.84 Å². The molecule has 0 unspecified atom stereocenters. The topological polar surface area (TPSA) is 85.1 Å². The molecule has 1 N–H and O–H groups in total. The number of aryl methyl sites for hydroxylation is 1. The largest absolute Gasteiger partial charge is 0.424 e. The summed E-state index contributed by atoms with van der Waals surface area (Å²) in [6.07, 6.45) is 5.32. The van der Waals surface area contributed by atoms with Gasteiger partial charge in [-0.15, -0.1) is 10.2 Å². The van der Waals surface area contributed by atoms with Gasteiger partial charge in [-0.05, 0) is 25.8 Å². The third kappa shape index (κ3) is 4.82. The van der Waals surface area contributed by atoms with Crippen LogP contribution in [-0.2, 0) is 22.0 Å². The molecule has 1 aromatic rings. The van der Waals surface area contributed by atoms with Crippen molar-refractivity contribution in [3.05, 3.63) is 11.8 Å². The van der Waals surface area contributed by atoms with Crippen molar-refractivity contribution in [3.8, 4) is 0 Å². The highest BCUT2D eigenvalue weighted by atomic mass is 32.2. The Morgan fingerprint density at radius 3 is 2.71 bits per heavy atom. The summed E-state index contributed by atoms with van der Waals surface area (Å²) in [5, 5.41) is 10.9. The number of sulfone groups is 1. The van der Waals surface area contributed by atoms with Gasteiger partial charge in [-0.3, -0.25) is 0 Å². The van der Waals surface area contributed by atoms with Crippen LogP contribution in [-0.4, -0.2) is 37.5 Å². The lowest BCUT2D eigenvalue weighted by Crippen LogP contribution is -2.17. The fourth-order valence-corrected chi connectivity index (χ4v) is 2.07. The fraction of sp³-hybridized carbons (Fsp3) is 0.800. The average molecular weight is 259 g/mol. The van der Waals surface area contributed by atoms with Gasteiger partial charge in [0.15, 0.2) is 9.84 Å². The normalized spacial score (nSPS) is 16.3. The van der Waals surface area contributed by atoms with Gasteiger partial charge in [0.25, 0.3) is 0 Å². The summed E-state index contributed by atoms with van der Waals surface area (Å²) in [5.41, 5.74) is 0. The summed E-state index contributed by atoms with van der Waals surface area (Å²) in [6, 6.07) is 0.707. The molecule has 0 atom stereocenters. The zero-order valence-corrected chi connectivity index (χ0v) is 10.7. The molecule has 7 heteroatoms. The molecule has 1 aromatic heterocycles. The number of hydrogen-bond donors (Lipinski definition) is 1. The summed E-state index contributed by atoms with van der Waals surface area (Å²) in [5.74, 6) is 0.513. The lowest BCUT2D eigenvalue weighted by atomic mass is 10.3. The molecule has 0 aromatic carbocycles. The number of rotatable bonds is 7. The van der Waals surface area contributed by atoms with E-state index in [2.05, 4.69) is 15.5 Å². The highest BCUT2D eigenvalue weighted by Crippen LogP contribution is 2.18. The number of nitrogens with one attached hydrogen (secondary N) is 1. The first-order valence-electron chi connectivity index (χ1n) is 5.75. The molecular formula is C10H17N3O3S. The first kappa shape index (κ1) is 12.5. The second kappa shape index (κ2) is 5.14. The Kier molecular flexibility index (Phi) is 3.78. The molecule has 96 valence electrons. The molecule has 2 rings (SSSR count). The van der Waals surface area contributed by atoms with Crippen molar-refractivity contribution in [3.63, 3.8) is 0 Å². The van der Waals surface area contributed by atoms with Crippen molar-refractivity contribution in [2.75, 3.05) is 12.8 Å². The van der Waals surface area contributed by atoms with Crippen LogP contribution >= 0.6 is 0 Å². The Morgan fingerprint density at radius 1 is 1.35 bits per heavy atom. The van der Waals surface area contributed by atoms with Crippen molar-refractivity contribution < 1.29 is 12.8 Å². The molecule has 1 fully saturated rings. The first-order valence-corrected chi connectivity index (χ1v) is 7.81. The summed E-state index contributed by atoms with van der Waals surface area (Å²) in [4.78, 5) is 0. The molecule has 0 aliphatic heterocycles. The van der Waals surface area contributed by atoms with Gasteiger partial charge in [-0.1, -0.05) is 0 Å². The second-order valence-corrected chi connectivity index (χ2v) is 6.63. The maximum absolute atomic E-state index is 11.0. The minimum Gasteiger partial charge on any atom is -0.424 e. The number of hydrogen-bond acceptors (Lipinski definition) is 6. The van der Waals surface area contributed by atoms with Crippen molar-refractivity contribution in [2.24, 2.45) is 0 Å². The number of nitrogens with zero attached hydrogens (tertiary/aromatic N) is 2. The zero-order chi connectivity index (χ0) is 12.3. The standard InChI is InChI=1S/C10H17N3O3S/c1-17(14,15)7-10-13-12-9(16-10)3-2-6-11-8-4-5-8/h8,11H,2-7H2,1H3. The maximum Gasteiger partial charge on any atom is 0.231 e. The van der Waals surface area contributed by atoms with E-state index in [0.29, 0.717) is 18.4 Å². The van der Waals surface area contributed by atoms with E-state index in [-0.39, 0.29) is 11.6 Å². The van der Waals surface area contributed by atoms with E-state index >= 15 is 0 Å². The smallest absolute Gasteiger partial charge is 0.231 e. The van der Waals surface area contributed by atoms with E-state index in [1.54, 1.807) is 0 Å². The molecular weight excluding hydrogens is 242 g/mol. The third-order valence-corrected chi connectivity index (χ3v) is 3.24. The minimum absolute atomic E-state index is 0.178. The molecule has 0 saturated heterocycles. The fourth-order valence-electron chi connectivity index (χ4n) is 1.51. The Balaban J connectivity index is 1.73. The Hall–Kier alpha value is -0.950. The van der Waals surface area contributed by atoms with Crippen molar-refractivity contribution in [1.82, 2.24) is 15.5 Å². The van der Waals surface area contributed by atoms with Crippen LogP contribution in [0.3, 0.4) is 0 Å². The summed E-state index contributed by atoms with van der Waals surface area (Å²) in [7, 11) is -3.10. The van der Waals surface area contributed by atoms with Gasteiger partial charge in [-0.2, -0.15) is 0 Å². The molecule has 6 nitrogen and oxygen atoms in total. The van der Waals surface area contributed by atoms with E-state index in [1.165, 1.54) is 12.8 Å². The van der Waals surface area contributed by atoms with E-state index in [0.717, 1.165) is 19.2 Å². The predicted octanol–water partition coefficient (Wildman–Crippen LogP) is 0.299. The molecule has 1 heterocycles. The van der Waals surface area contributed by atoms with Crippen LogP contribution in [0.25, 0.3) is 0 Å². The van der Waals surface area contributed by atoms with Crippen LogP contribution in [0.2, 0.25) is 0 Å². The van der Waals surface area contributed by atoms with Gasteiger partial charge in [-0.25, -0.2) is 8.42 Å². The van der Waals surface area contributed by atoms with Gasteiger partial charge in [0.1, 0.15) is 5.75 Å². The van der Waals surface area contributed by atoms with Crippen LogP contribution in [0.15, 0.2) is 4.42 Å². The van der Waals surface area contributed by atoms with Gasteiger partial charge in [0, 0.05) is 18.7 Å². The lowest BCUT2D eigenvalue weighted by Gasteiger charge is -1.99. The molecule has 0 spiro atoms. The van der Waals surface area contributed by atoms with E-state index in [9.17, 15) is 8.42 Å². The first-order chi connectivity index (χ1) is 8.03. The average Bonchev–Trinajstić information content (AvgIpc) is 2.93. The molecule has 1 saturated carbocycles. The lowest BCUT2D eigenvalue weighted by molar-refractivity contribution is 0.452. The van der Waals surface area contributed by atoms with Gasteiger partial charge in [0.2, 0.25) is 11.8 Å². The minimum atomic E-state index is -3.10. The van der Waals surface area contributed by atoms with Gasteiger partial charge < -0.3 is 9.73 Å². The van der Waals surface area contributed by atoms with E-state index in [4.69, 9.17) is 4.42 Å². The second-order valence-electron chi connectivity index (χ2n) is 4.49. The molecule has 0 radical (unpaired) electrons. The molecule has 1 aliphatic carbocycles. The summed E-state index contributed by atoms with van der Waals surface area (Å²) >= 11 is 0. The van der Waals surface area contributed by atoms with Crippen molar-refractivity contribution in [2.45, 2.75) is 37.5 Å². The molecule has 17 heavy (non-hydrogen) atoms. The van der Waals surface area contributed by atoms with Crippen molar-refractivity contribution in [1.29, 1.82) is 0 Å². The van der Waals surface area contributed by atoms with E-state index in [1.807, 2.05) is 0 Å². The zero-order valence-electron chi connectivity index (χ0n) is 9.85. The SMILES string of the molecule is CS(=O)(=O)Cc1nnc(CCCNC2CC2)o1. The van der Waals surface area contributed by atoms with Crippen LogP contribution in [0, 0.1) is 0 Å².